The second-order valence-corrected chi connectivity index (χ2v) is 4.47. The van der Waals surface area contributed by atoms with Crippen LogP contribution in [-0.4, -0.2) is 9.97 Å². The molecule has 0 aliphatic carbocycles. The number of anilines is 1. The van der Waals surface area contributed by atoms with Crippen molar-refractivity contribution < 1.29 is 4.74 Å². The van der Waals surface area contributed by atoms with Gasteiger partial charge in [0.05, 0.1) is 3.57 Å². The summed E-state index contributed by atoms with van der Waals surface area (Å²) in [5, 5.41) is 0. The monoisotopic (exact) mass is 327 g/mol. The van der Waals surface area contributed by atoms with E-state index < -0.39 is 0 Å². The van der Waals surface area contributed by atoms with Gasteiger partial charge in [0.1, 0.15) is 12.1 Å². The zero-order valence-electron chi connectivity index (χ0n) is 8.64. The molecule has 0 aliphatic rings. The number of benzene rings is 1. The van der Waals surface area contributed by atoms with Crippen LogP contribution in [0.4, 0.5) is 5.69 Å². The Morgan fingerprint density at radius 2 is 2.19 bits per heavy atom. The first kappa shape index (κ1) is 11.1. The lowest BCUT2D eigenvalue weighted by molar-refractivity contribution is 0.454. The van der Waals surface area contributed by atoms with Crippen molar-refractivity contribution in [2.24, 2.45) is 0 Å². The van der Waals surface area contributed by atoms with Crippen molar-refractivity contribution in [2.45, 2.75) is 6.92 Å². The normalized spacial score (nSPS) is 10.1. The van der Waals surface area contributed by atoms with Gasteiger partial charge in [-0.25, -0.2) is 9.97 Å². The van der Waals surface area contributed by atoms with Crippen molar-refractivity contribution in [3.8, 4) is 11.6 Å². The molecule has 2 aromatic rings. The van der Waals surface area contributed by atoms with Gasteiger partial charge in [-0.05, 0) is 53.3 Å². The molecule has 0 saturated carbocycles. The zero-order chi connectivity index (χ0) is 11.5. The molecule has 0 aliphatic heterocycles. The Hall–Kier alpha value is -1.37. The van der Waals surface area contributed by atoms with Gasteiger partial charge in [0.15, 0.2) is 0 Å². The number of aromatic nitrogens is 2. The van der Waals surface area contributed by atoms with E-state index >= 15 is 0 Å². The Labute approximate surface area is 107 Å². The summed E-state index contributed by atoms with van der Waals surface area (Å²) >= 11 is 2.13. The molecular formula is C11H10IN3O. The summed E-state index contributed by atoms with van der Waals surface area (Å²) in [6.07, 6.45) is 3.17. The van der Waals surface area contributed by atoms with Gasteiger partial charge in [0.25, 0.3) is 0 Å². The molecule has 2 rings (SSSR count). The molecule has 0 bridgehead atoms. The van der Waals surface area contributed by atoms with Gasteiger partial charge < -0.3 is 10.5 Å². The quantitative estimate of drug-likeness (QED) is 0.681. The van der Waals surface area contributed by atoms with Crippen LogP contribution < -0.4 is 10.5 Å². The third kappa shape index (κ3) is 2.41. The summed E-state index contributed by atoms with van der Waals surface area (Å²) in [5.74, 6) is 1.31. The fraction of sp³-hybridized carbons (Fsp3) is 0.0909. The molecule has 5 heteroatoms. The minimum atomic E-state index is 0.559. The van der Waals surface area contributed by atoms with Gasteiger partial charge in [0, 0.05) is 11.9 Å². The molecular weight excluding hydrogens is 317 g/mol. The summed E-state index contributed by atoms with van der Waals surface area (Å²) in [7, 11) is 0. The van der Waals surface area contributed by atoms with E-state index in [4.69, 9.17) is 10.5 Å². The van der Waals surface area contributed by atoms with Crippen LogP contribution in [0.15, 0.2) is 30.7 Å². The predicted molar refractivity (Wildman–Crippen MR) is 70.4 cm³/mol. The van der Waals surface area contributed by atoms with Crippen LogP contribution in [-0.2, 0) is 0 Å². The molecule has 0 atom stereocenters. The predicted octanol–water partition coefficient (Wildman–Crippen LogP) is 2.76. The second kappa shape index (κ2) is 4.65. The summed E-state index contributed by atoms with van der Waals surface area (Å²) in [4.78, 5) is 7.97. The highest BCUT2D eigenvalue weighted by Crippen LogP contribution is 2.27. The van der Waals surface area contributed by atoms with Crippen LogP contribution in [0.2, 0.25) is 0 Å². The third-order valence-electron chi connectivity index (χ3n) is 2.04. The van der Waals surface area contributed by atoms with Gasteiger partial charge in [-0.2, -0.15) is 0 Å². The molecule has 1 heterocycles. The molecule has 1 aromatic carbocycles. The van der Waals surface area contributed by atoms with E-state index in [1.54, 1.807) is 12.3 Å². The average molecular weight is 327 g/mol. The topological polar surface area (TPSA) is 61.0 Å². The number of hydrogen-bond donors (Lipinski definition) is 1. The number of rotatable bonds is 2. The summed E-state index contributed by atoms with van der Waals surface area (Å²) < 4.78 is 6.55. The maximum absolute atomic E-state index is 5.68. The molecule has 0 amide bonds. The van der Waals surface area contributed by atoms with Crippen molar-refractivity contribution in [3.05, 3.63) is 39.9 Å². The summed E-state index contributed by atoms with van der Waals surface area (Å²) in [5.41, 5.74) is 7.37. The van der Waals surface area contributed by atoms with Gasteiger partial charge in [0.2, 0.25) is 5.88 Å². The smallest absolute Gasteiger partial charge is 0.235 e. The van der Waals surface area contributed by atoms with Crippen LogP contribution in [0.3, 0.4) is 0 Å². The largest absolute Gasteiger partial charge is 0.438 e. The fourth-order valence-electron chi connectivity index (χ4n) is 1.27. The van der Waals surface area contributed by atoms with E-state index in [0.29, 0.717) is 5.88 Å². The molecule has 0 radical (unpaired) electrons. The lowest BCUT2D eigenvalue weighted by Gasteiger charge is -2.08. The van der Waals surface area contributed by atoms with Crippen LogP contribution in [0.25, 0.3) is 0 Å². The van der Waals surface area contributed by atoms with E-state index in [1.165, 1.54) is 6.33 Å². The summed E-state index contributed by atoms with van der Waals surface area (Å²) in [6, 6.07) is 5.50. The zero-order valence-corrected chi connectivity index (χ0v) is 10.8. The number of hydrogen-bond acceptors (Lipinski definition) is 4. The molecule has 0 spiro atoms. The number of nitrogens with zero attached hydrogens (tertiary/aromatic N) is 2. The minimum absolute atomic E-state index is 0.559. The van der Waals surface area contributed by atoms with Crippen molar-refractivity contribution in [1.82, 2.24) is 9.97 Å². The Morgan fingerprint density at radius 3 is 2.88 bits per heavy atom. The van der Waals surface area contributed by atoms with E-state index in [9.17, 15) is 0 Å². The highest BCUT2D eigenvalue weighted by Gasteiger charge is 2.06. The molecule has 82 valence electrons. The fourth-order valence-corrected chi connectivity index (χ4v) is 1.68. The first-order valence-corrected chi connectivity index (χ1v) is 5.74. The van der Waals surface area contributed by atoms with Gasteiger partial charge in [-0.15, -0.1) is 0 Å². The number of nitrogens with two attached hydrogens (primary N) is 1. The molecule has 1 aromatic heterocycles. The number of aryl methyl sites for hydroxylation is 1. The van der Waals surface area contributed by atoms with Gasteiger partial charge >= 0.3 is 0 Å². The lowest BCUT2D eigenvalue weighted by atomic mass is 10.2. The van der Waals surface area contributed by atoms with Crippen LogP contribution >= 0.6 is 22.6 Å². The molecule has 0 unspecified atom stereocenters. The van der Waals surface area contributed by atoms with Gasteiger partial charge in [-0.1, -0.05) is 0 Å². The standard InChI is InChI=1S/C11H10IN3O/c1-7-4-8(13)2-3-10(7)16-11-9(12)5-14-6-15-11/h2-6H,13H2,1H3. The Kier molecular flexibility index (Phi) is 3.23. The van der Waals surface area contributed by atoms with Crippen LogP contribution in [0, 0.1) is 10.5 Å². The Morgan fingerprint density at radius 1 is 1.38 bits per heavy atom. The number of ether oxygens (including phenoxy) is 1. The maximum atomic E-state index is 5.68. The maximum Gasteiger partial charge on any atom is 0.235 e. The van der Waals surface area contributed by atoms with Crippen LogP contribution in [0.1, 0.15) is 5.56 Å². The Bertz CT molecular complexity index is 516. The highest BCUT2D eigenvalue weighted by atomic mass is 127. The van der Waals surface area contributed by atoms with Crippen LogP contribution in [0.5, 0.6) is 11.6 Å². The van der Waals surface area contributed by atoms with Crippen molar-refractivity contribution in [1.29, 1.82) is 0 Å². The Balaban J connectivity index is 2.31. The highest BCUT2D eigenvalue weighted by molar-refractivity contribution is 14.1. The first-order valence-electron chi connectivity index (χ1n) is 4.66. The SMILES string of the molecule is Cc1cc(N)ccc1Oc1ncncc1I. The molecule has 4 nitrogen and oxygen atoms in total. The van der Waals surface area contributed by atoms with E-state index in [2.05, 4.69) is 32.6 Å². The van der Waals surface area contributed by atoms with Crippen molar-refractivity contribution in [3.63, 3.8) is 0 Å². The van der Waals surface area contributed by atoms with E-state index in [-0.39, 0.29) is 0 Å². The summed E-state index contributed by atoms with van der Waals surface area (Å²) in [6.45, 7) is 1.94. The second-order valence-electron chi connectivity index (χ2n) is 3.30. The van der Waals surface area contributed by atoms with Gasteiger partial charge in [-0.3, -0.25) is 0 Å². The molecule has 0 fully saturated rings. The van der Waals surface area contributed by atoms with Crippen molar-refractivity contribution >= 4 is 28.3 Å². The molecule has 16 heavy (non-hydrogen) atoms. The lowest BCUT2D eigenvalue weighted by Crippen LogP contribution is -1.94. The van der Waals surface area contributed by atoms with E-state index in [1.807, 2.05) is 19.1 Å². The first-order chi connectivity index (χ1) is 7.66. The third-order valence-corrected chi connectivity index (χ3v) is 2.78. The average Bonchev–Trinajstić information content (AvgIpc) is 2.25. The molecule has 2 N–H and O–H groups in total. The van der Waals surface area contributed by atoms with E-state index in [0.717, 1.165) is 20.6 Å². The number of nitrogen functional groups attached to an aromatic ring is 1. The van der Waals surface area contributed by atoms with Crippen molar-refractivity contribution in [2.75, 3.05) is 5.73 Å². The minimum Gasteiger partial charge on any atom is -0.438 e. The molecule has 0 saturated heterocycles. The number of halogens is 1.